The van der Waals surface area contributed by atoms with Gasteiger partial charge in [0.15, 0.2) is 0 Å². The molecule has 0 amide bonds. The van der Waals surface area contributed by atoms with E-state index in [0.717, 1.165) is 17.1 Å². The Hall–Kier alpha value is -6.51. The second-order valence-electron chi connectivity index (χ2n) is 25.9. The van der Waals surface area contributed by atoms with E-state index >= 15 is 0 Å². The predicted molar refractivity (Wildman–Crippen MR) is 331 cm³/mol. The first-order valence-corrected chi connectivity index (χ1v) is 36.9. The molecule has 0 atom stereocenters. The van der Waals surface area contributed by atoms with Gasteiger partial charge in [0.05, 0.1) is 27.3 Å². The van der Waals surface area contributed by atoms with Crippen LogP contribution in [0.2, 0.25) is 52.4 Å². The third-order valence-corrected chi connectivity index (χ3v) is 24.3. The van der Waals surface area contributed by atoms with E-state index in [9.17, 15) is 0 Å². The second-order valence-corrected chi connectivity index (χ2v) is 40.4. The van der Waals surface area contributed by atoms with Gasteiger partial charge in [-0.05, 0) is 138 Å². The maximum absolute atomic E-state index is 2.62. The minimum atomic E-state index is -2.20. The molecule has 1 aliphatic heterocycles. The van der Waals surface area contributed by atoms with Gasteiger partial charge in [-0.15, -0.1) is 0 Å². The van der Waals surface area contributed by atoms with Crippen LogP contribution in [-0.2, 0) is 16.2 Å². The summed E-state index contributed by atoms with van der Waals surface area (Å²) in [6, 6.07) is 76.2. The van der Waals surface area contributed by atoms with Crippen LogP contribution in [0.4, 0.5) is 34.1 Å². The average Bonchev–Trinajstić information content (AvgIpc) is 3.73. The first kappa shape index (κ1) is 49.7. The zero-order chi connectivity index (χ0) is 52.3. The molecular weight excluding hydrogens is 941 g/mol. The van der Waals surface area contributed by atoms with Crippen LogP contribution in [0.15, 0.2) is 194 Å². The molecular formula is C69H74N2Si3. The molecule has 0 bridgehead atoms. The van der Waals surface area contributed by atoms with E-state index in [1.54, 1.807) is 0 Å². The summed E-state index contributed by atoms with van der Waals surface area (Å²) in [5, 5.41) is 8.44. The summed E-state index contributed by atoms with van der Waals surface area (Å²) in [6.07, 6.45) is 0. The molecule has 1 aliphatic carbocycles. The second kappa shape index (κ2) is 17.5. The van der Waals surface area contributed by atoms with Gasteiger partial charge in [0.25, 0.3) is 0 Å². The van der Waals surface area contributed by atoms with E-state index in [2.05, 4.69) is 298 Å². The Labute approximate surface area is 445 Å². The smallest absolute Gasteiger partial charge is 0.113 e. The highest BCUT2D eigenvalue weighted by Crippen LogP contribution is 2.61. The maximum atomic E-state index is 2.62. The summed E-state index contributed by atoms with van der Waals surface area (Å²) < 4.78 is 0. The molecule has 0 saturated carbocycles. The first-order valence-electron chi connectivity index (χ1n) is 26.9. The first-order chi connectivity index (χ1) is 35.0. The zero-order valence-corrected chi connectivity index (χ0v) is 49.4. The Morgan fingerprint density at radius 3 is 1.22 bits per heavy atom. The number of benzene rings is 9. The van der Waals surface area contributed by atoms with E-state index in [-0.39, 0.29) is 10.8 Å². The van der Waals surface area contributed by atoms with Crippen LogP contribution in [0.1, 0.15) is 74.9 Å². The molecule has 1 spiro atoms. The fraction of sp³-hybridized carbons (Fsp3) is 0.246. The summed E-state index contributed by atoms with van der Waals surface area (Å²) in [4.78, 5) is 5.06. The molecule has 2 nitrogen and oxygen atoms in total. The lowest BCUT2D eigenvalue weighted by Gasteiger charge is -2.46. The highest BCUT2D eigenvalue weighted by atomic mass is 28.3. The fourth-order valence-corrected chi connectivity index (χ4v) is 17.9. The van der Waals surface area contributed by atoms with E-state index in [1.165, 1.54) is 93.1 Å². The summed E-state index contributed by atoms with van der Waals surface area (Å²) in [6.45, 7) is 33.6. The normalized spacial score (nSPS) is 14.6. The molecule has 0 radical (unpaired) electrons. The van der Waals surface area contributed by atoms with Crippen molar-refractivity contribution in [1.82, 2.24) is 0 Å². The van der Waals surface area contributed by atoms with Crippen LogP contribution in [0.5, 0.6) is 0 Å². The number of anilines is 6. The summed E-state index contributed by atoms with van der Waals surface area (Å²) in [7, 11) is -5.32. The van der Waals surface area contributed by atoms with Crippen molar-refractivity contribution >= 4 is 89.9 Å². The summed E-state index contributed by atoms with van der Waals surface area (Å²) in [5.41, 5.74) is 17.2. The standard InChI is InChI=1S/C69H74N2Si3/c1-67(2,3)47-27-31-49(32-28-47)70(50-35-40-54(41-36-50)72(7,8)9)53-39-44-58-61(45-53)69(59-23-17-19-25-64(59)74(13,14)65-26-20-18-24-60(65)69)62-46-63(56-21-15-16-22-57(56)66(58)62)71(51-33-29-48(30-34-51)68(4,5)6)52-37-42-55(43-38-52)73(10,11)12/h15-46H,1-14H3. The monoisotopic (exact) mass is 1010 g/mol. The minimum absolute atomic E-state index is 0.0291. The average molecular weight is 1020 g/mol. The van der Waals surface area contributed by atoms with Crippen molar-refractivity contribution in [2.75, 3.05) is 9.80 Å². The Morgan fingerprint density at radius 2 is 0.770 bits per heavy atom. The van der Waals surface area contributed by atoms with Crippen LogP contribution < -0.4 is 30.5 Å². The van der Waals surface area contributed by atoms with Crippen molar-refractivity contribution in [3.8, 4) is 11.1 Å². The van der Waals surface area contributed by atoms with Gasteiger partial charge in [-0.1, -0.05) is 232 Å². The molecule has 11 rings (SSSR count). The minimum Gasteiger partial charge on any atom is -0.310 e. The van der Waals surface area contributed by atoms with Gasteiger partial charge in [-0.25, -0.2) is 0 Å². The number of nitrogens with zero attached hydrogens (tertiary/aromatic N) is 2. The van der Waals surface area contributed by atoms with Crippen molar-refractivity contribution in [3.63, 3.8) is 0 Å². The topological polar surface area (TPSA) is 6.48 Å². The summed E-state index contributed by atoms with van der Waals surface area (Å²) in [5.74, 6) is 0. The van der Waals surface area contributed by atoms with Crippen molar-refractivity contribution in [1.29, 1.82) is 0 Å². The van der Waals surface area contributed by atoms with Crippen LogP contribution in [0, 0.1) is 0 Å². The maximum Gasteiger partial charge on any atom is 0.113 e. The molecule has 0 fully saturated rings. The lowest BCUT2D eigenvalue weighted by Crippen LogP contribution is -2.63. The van der Waals surface area contributed by atoms with E-state index < -0.39 is 29.6 Å². The van der Waals surface area contributed by atoms with Gasteiger partial charge >= 0.3 is 0 Å². The van der Waals surface area contributed by atoms with Crippen LogP contribution in [-0.4, -0.2) is 24.2 Å². The highest BCUT2D eigenvalue weighted by Gasteiger charge is 2.54. The fourth-order valence-electron chi connectivity index (χ4n) is 12.4. The van der Waals surface area contributed by atoms with Crippen LogP contribution in [0.25, 0.3) is 21.9 Å². The van der Waals surface area contributed by atoms with E-state index in [4.69, 9.17) is 0 Å². The van der Waals surface area contributed by atoms with Crippen molar-refractivity contribution < 1.29 is 0 Å². The van der Waals surface area contributed by atoms with Crippen molar-refractivity contribution in [2.45, 2.75) is 110 Å². The van der Waals surface area contributed by atoms with Crippen LogP contribution in [0.3, 0.4) is 0 Å². The van der Waals surface area contributed by atoms with Gasteiger partial charge in [-0.2, -0.15) is 0 Å². The highest BCUT2D eigenvalue weighted by molar-refractivity contribution is 7.01. The molecule has 1 heterocycles. The molecule has 9 aromatic rings. The molecule has 372 valence electrons. The van der Waals surface area contributed by atoms with E-state index in [1.807, 2.05) is 0 Å². The number of hydrogen-bond donors (Lipinski definition) is 0. The molecule has 0 unspecified atom stereocenters. The molecule has 74 heavy (non-hydrogen) atoms. The van der Waals surface area contributed by atoms with Crippen molar-refractivity contribution in [3.05, 3.63) is 228 Å². The molecule has 0 saturated heterocycles. The number of rotatable bonds is 8. The predicted octanol–water partition coefficient (Wildman–Crippen LogP) is 17.0. The Bertz CT molecular complexity index is 3430. The van der Waals surface area contributed by atoms with Gasteiger partial charge in [0.1, 0.15) is 8.07 Å². The Morgan fingerprint density at radius 1 is 0.378 bits per heavy atom. The quantitative estimate of drug-likeness (QED) is 0.140. The lowest BCUT2D eigenvalue weighted by molar-refractivity contribution is 0.590. The van der Waals surface area contributed by atoms with Gasteiger partial charge in [0, 0.05) is 33.8 Å². The number of fused-ring (bicyclic) bond motifs is 11. The largest absolute Gasteiger partial charge is 0.310 e. The zero-order valence-electron chi connectivity index (χ0n) is 46.4. The Kier molecular flexibility index (Phi) is 11.8. The van der Waals surface area contributed by atoms with Gasteiger partial charge in [0.2, 0.25) is 0 Å². The third kappa shape index (κ3) is 8.09. The number of hydrogen-bond acceptors (Lipinski definition) is 2. The Balaban J connectivity index is 1.24. The molecule has 0 N–H and O–H groups in total. The molecule has 9 aromatic carbocycles. The molecule has 5 heteroatoms. The van der Waals surface area contributed by atoms with Crippen LogP contribution >= 0.6 is 0 Å². The third-order valence-electron chi connectivity index (χ3n) is 16.6. The van der Waals surface area contributed by atoms with Gasteiger partial charge in [-0.3, -0.25) is 0 Å². The van der Waals surface area contributed by atoms with Crippen molar-refractivity contribution in [2.24, 2.45) is 0 Å². The lowest BCUT2D eigenvalue weighted by atomic mass is 9.67. The van der Waals surface area contributed by atoms with E-state index in [0.29, 0.717) is 0 Å². The SMILES string of the molecule is CC(C)(C)c1ccc(N(c2ccc([Si](C)(C)C)cc2)c2ccc3c(c2)C2(c4ccccc4[Si](C)(C)c4ccccc42)c2cc(N(c4ccc(C(C)(C)C)cc4)c4ccc([Si](C)(C)C)cc4)c4ccccc4c2-3)cc1. The molecule has 2 aliphatic rings. The molecule has 0 aromatic heterocycles. The summed E-state index contributed by atoms with van der Waals surface area (Å²) >= 11 is 0. The van der Waals surface area contributed by atoms with Gasteiger partial charge < -0.3 is 9.80 Å².